The number of carbonyl (C=O) groups is 4. The molecule has 0 aromatic heterocycles. The average molecular weight is 973 g/mol. The SMILES string of the molecule is C[C@]12CCC(=O)C=C1CC[C@@H]1[C@@H]2[C@@H](O)C[C@@]2(C)[C@H]1CC[C@]2(O)C(=O)COP(=O)([O-])[O-].C[C@]12CCC(=O)C=C1CC[C@@H]1[C@@H]2[C@@H](O)C[C@@]2(C)[C@H]1CC[C@]2(O)C(=O)COP(=O)([O-])[O-].[Na+].[Na+].[Na+].[Na+]. The van der Waals surface area contributed by atoms with Gasteiger partial charge < -0.3 is 58.2 Å². The van der Waals surface area contributed by atoms with E-state index in [1.165, 1.54) is 0 Å². The Hall–Kier alpha value is 2.22. The first kappa shape index (κ1) is 60.5. The van der Waals surface area contributed by atoms with E-state index in [9.17, 15) is 68.3 Å². The number of fused-ring (bicyclic) bond motifs is 10. The van der Waals surface area contributed by atoms with Gasteiger partial charge in [-0.3, -0.25) is 19.2 Å². The summed E-state index contributed by atoms with van der Waals surface area (Å²) >= 11 is 0. The minimum atomic E-state index is -5.33. The first-order valence-corrected chi connectivity index (χ1v) is 24.2. The summed E-state index contributed by atoms with van der Waals surface area (Å²) in [5.41, 5.74) is -3.93. The number of Topliss-reactive ketones (excluding diaryl/α,β-unsaturated/α-hetero) is 2. The molecule has 22 heteroatoms. The van der Waals surface area contributed by atoms with Gasteiger partial charge in [0.1, 0.15) is 24.4 Å². The molecule has 14 atom stereocenters. The van der Waals surface area contributed by atoms with Crippen molar-refractivity contribution < 1.29 is 196 Å². The zero-order valence-electron chi connectivity index (χ0n) is 38.7. The van der Waals surface area contributed by atoms with Crippen molar-refractivity contribution in [2.45, 2.75) is 141 Å². The number of aliphatic hydroxyl groups is 4. The number of phosphoric ester groups is 2. The van der Waals surface area contributed by atoms with Gasteiger partial charge in [0.15, 0.2) is 23.1 Å². The fraction of sp³-hybridized carbons (Fsp3) is 0.810. The van der Waals surface area contributed by atoms with Gasteiger partial charge in [-0.15, -0.1) is 0 Å². The Balaban J connectivity index is 0.000000320. The average Bonchev–Trinajstić information content (AvgIpc) is 3.58. The van der Waals surface area contributed by atoms with Crippen LogP contribution in [-0.2, 0) is 37.4 Å². The predicted molar refractivity (Wildman–Crippen MR) is 203 cm³/mol. The normalized spacial score (nSPS) is 43.1. The minimum absolute atomic E-state index is 0. The number of hydrogen-bond acceptors (Lipinski definition) is 16. The van der Waals surface area contributed by atoms with Crippen LogP contribution in [-0.4, -0.2) is 80.2 Å². The maximum absolute atomic E-state index is 12.8. The minimum Gasteiger partial charge on any atom is -0.790 e. The van der Waals surface area contributed by atoms with Crippen LogP contribution in [0.5, 0.6) is 0 Å². The number of allylic oxidation sites excluding steroid dienone is 2. The molecule has 8 aliphatic rings. The molecule has 6 fully saturated rings. The molecule has 64 heavy (non-hydrogen) atoms. The van der Waals surface area contributed by atoms with Crippen LogP contribution in [0.25, 0.3) is 0 Å². The molecule has 8 rings (SSSR count). The largest absolute Gasteiger partial charge is 1.00 e. The number of carbonyl (C=O) groups excluding carboxylic acids is 4. The van der Waals surface area contributed by atoms with Gasteiger partial charge in [0.25, 0.3) is 0 Å². The summed E-state index contributed by atoms with van der Waals surface area (Å²) in [6.45, 7) is 5.84. The molecule has 0 unspecified atom stereocenters. The van der Waals surface area contributed by atoms with Crippen LogP contribution in [0.3, 0.4) is 0 Å². The maximum atomic E-state index is 12.8. The van der Waals surface area contributed by atoms with Gasteiger partial charge in [-0.05, 0) is 136 Å². The van der Waals surface area contributed by atoms with Crippen molar-refractivity contribution in [2.75, 3.05) is 13.2 Å². The van der Waals surface area contributed by atoms with Gasteiger partial charge in [-0.1, -0.05) is 38.8 Å². The monoisotopic (exact) mass is 972 g/mol. The van der Waals surface area contributed by atoms with Gasteiger partial charge in [0.05, 0.1) is 27.9 Å². The number of phosphoric acid groups is 2. The van der Waals surface area contributed by atoms with Crippen LogP contribution in [0, 0.1) is 57.2 Å². The number of aliphatic hydroxyl groups excluding tert-OH is 2. The molecule has 4 N–H and O–H groups in total. The van der Waals surface area contributed by atoms with Crippen LogP contribution in [0.4, 0.5) is 0 Å². The fourth-order valence-corrected chi connectivity index (χ4v) is 15.4. The molecule has 0 spiro atoms. The Morgan fingerprint density at radius 2 is 0.938 bits per heavy atom. The number of ketones is 4. The van der Waals surface area contributed by atoms with Gasteiger partial charge in [0, 0.05) is 23.7 Å². The molecule has 0 aromatic rings. The quantitative estimate of drug-likeness (QED) is 0.130. The van der Waals surface area contributed by atoms with Gasteiger partial charge >= 0.3 is 118 Å². The van der Waals surface area contributed by atoms with Crippen molar-refractivity contribution in [1.82, 2.24) is 0 Å². The first-order valence-electron chi connectivity index (χ1n) is 21.3. The second kappa shape index (κ2) is 21.4. The molecule has 336 valence electrons. The second-order valence-electron chi connectivity index (χ2n) is 20.2. The van der Waals surface area contributed by atoms with Crippen LogP contribution < -0.4 is 138 Å². The summed E-state index contributed by atoms with van der Waals surface area (Å²) < 4.78 is 29.9. The van der Waals surface area contributed by atoms with E-state index >= 15 is 0 Å². The van der Waals surface area contributed by atoms with Crippen molar-refractivity contribution in [1.29, 1.82) is 0 Å². The fourth-order valence-electron chi connectivity index (χ4n) is 14.8. The summed E-state index contributed by atoms with van der Waals surface area (Å²) in [7, 11) is -10.7. The van der Waals surface area contributed by atoms with E-state index in [1.807, 2.05) is 0 Å². The van der Waals surface area contributed by atoms with Gasteiger partial charge in [-0.25, -0.2) is 0 Å². The zero-order valence-corrected chi connectivity index (χ0v) is 48.5. The summed E-state index contributed by atoms with van der Waals surface area (Å²) in [4.78, 5) is 92.6. The molecule has 0 aliphatic heterocycles. The molecule has 6 saturated carbocycles. The van der Waals surface area contributed by atoms with Crippen LogP contribution in [0.1, 0.15) is 118 Å². The molecule has 8 aliphatic carbocycles. The van der Waals surface area contributed by atoms with E-state index in [-0.39, 0.29) is 202 Å². The van der Waals surface area contributed by atoms with Crippen molar-refractivity contribution >= 4 is 38.8 Å². The Morgan fingerprint density at radius 3 is 1.25 bits per heavy atom. The Bertz CT molecular complexity index is 1860. The molecule has 0 aromatic carbocycles. The summed E-state index contributed by atoms with van der Waals surface area (Å²) in [6.07, 6.45) is 9.17. The Morgan fingerprint density at radius 1 is 0.609 bits per heavy atom. The predicted octanol–water partition coefficient (Wildman–Crippen LogP) is -10.7. The summed E-state index contributed by atoms with van der Waals surface area (Å²) in [5, 5.41) is 45.2. The van der Waals surface area contributed by atoms with Crippen molar-refractivity contribution in [3.63, 3.8) is 0 Å². The zero-order chi connectivity index (χ0) is 44.2. The van der Waals surface area contributed by atoms with E-state index < -0.39 is 74.7 Å². The van der Waals surface area contributed by atoms with Crippen LogP contribution >= 0.6 is 15.6 Å². The standard InChI is InChI=1S/2C21H31O8P.4Na/c2*1-19-7-5-13(22)9-12(19)3-4-14-15-6-8-21(25,17(24)11-29-30(26,27)28)20(15,2)10-16(23)18(14)19;;;;/h2*9,14-16,18,23,25H,3-8,10-11H2,1-2H3,(H2,26,27,28);;;;/q;;4*+1/p-4/t2*14-,15-,16-,18+,19-,20-,21-;;;;/m00..../s1. The van der Waals surface area contributed by atoms with Crippen molar-refractivity contribution in [3.8, 4) is 0 Å². The molecule has 16 nitrogen and oxygen atoms in total. The van der Waals surface area contributed by atoms with E-state index in [4.69, 9.17) is 0 Å². The summed E-state index contributed by atoms with van der Waals surface area (Å²) in [5.74, 6) is -1.38. The van der Waals surface area contributed by atoms with Gasteiger partial charge in [-0.2, -0.15) is 0 Å². The third-order valence-electron chi connectivity index (χ3n) is 17.7. The smallest absolute Gasteiger partial charge is 0.790 e. The first-order chi connectivity index (χ1) is 27.6. The summed E-state index contributed by atoms with van der Waals surface area (Å²) in [6, 6.07) is 0. The van der Waals surface area contributed by atoms with E-state index in [0.717, 1.165) is 36.8 Å². The molecule has 0 amide bonds. The number of rotatable bonds is 8. The third kappa shape index (κ3) is 10.5. The van der Waals surface area contributed by atoms with Crippen LogP contribution in [0.15, 0.2) is 23.3 Å². The molecule has 0 bridgehead atoms. The van der Waals surface area contributed by atoms with Crippen molar-refractivity contribution in [3.05, 3.63) is 23.3 Å². The maximum Gasteiger partial charge on any atom is 1.00 e. The topological polar surface area (TPSA) is 294 Å². The van der Waals surface area contributed by atoms with E-state index in [2.05, 4.69) is 22.9 Å². The van der Waals surface area contributed by atoms with Crippen molar-refractivity contribution in [2.24, 2.45) is 57.2 Å². The molecule has 0 radical (unpaired) electrons. The second-order valence-corrected chi connectivity index (χ2v) is 22.5. The van der Waals surface area contributed by atoms with E-state index in [0.29, 0.717) is 38.5 Å². The Labute approximate surface area is 463 Å². The third-order valence-corrected chi connectivity index (χ3v) is 18.6. The Kier molecular flexibility index (Phi) is 20.2. The molecular formula is C42H58Na4O16P2. The molecule has 0 saturated heterocycles. The molecule has 0 heterocycles. The van der Waals surface area contributed by atoms with Crippen LogP contribution in [0.2, 0.25) is 0 Å². The molecular weight excluding hydrogens is 914 g/mol. The number of hydrogen-bond donors (Lipinski definition) is 4. The van der Waals surface area contributed by atoms with E-state index in [1.54, 1.807) is 26.0 Å². The van der Waals surface area contributed by atoms with Gasteiger partial charge in [0.2, 0.25) is 0 Å².